The first kappa shape index (κ1) is 32.3. The molecule has 13 heteroatoms. The SMILES string of the molecule is CCOc1cc([C@H]2NC(=O)NC(C)=C2C(=O)OC)ccc1OC[C@@H](O)N/N=C\c1ccc(OCc2ccccc2F)c(Br)c1. The Morgan fingerprint density at radius 3 is 2.61 bits per heavy atom. The van der Waals surface area contributed by atoms with Gasteiger partial charge < -0.3 is 34.7 Å². The maximum absolute atomic E-state index is 13.8. The lowest BCUT2D eigenvalue weighted by Crippen LogP contribution is -2.45. The second-order valence-electron chi connectivity index (χ2n) is 9.48. The second-order valence-corrected chi connectivity index (χ2v) is 10.3. The van der Waals surface area contributed by atoms with E-state index in [0.717, 1.165) is 0 Å². The number of hydrogen-bond acceptors (Lipinski definition) is 9. The highest BCUT2D eigenvalue weighted by Gasteiger charge is 2.32. The Balaban J connectivity index is 1.35. The number of ether oxygens (including phenoxy) is 4. The van der Waals surface area contributed by atoms with E-state index in [1.54, 1.807) is 68.4 Å². The summed E-state index contributed by atoms with van der Waals surface area (Å²) >= 11 is 3.45. The van der Waals surface area contributed by atoms with Gasteiger partial charge >= 0.3 is 12.0 Å². The van der Waals surface area contributed by atoms with Gasteiger partial charge in [0.15, 0.2) is 17.7 Å². The molecule has 44 heavy (non-hydrogen) atoms. The number of hydrogen-bond donors (Lipinski definition) is 4. The van der Waals surface area contributed by atoms with Crippen LogP contribution in [0.2, 0.25) is 0 Å². The van der Waals surface area contributed by atoms with Gasteiger partial charge in [-0.25, -0.2) is 14.0 Å². The van der Waals surface area contributed by atoms with E-state index in [4.69, 9.17) is 18.9 Å². The fourth-order valence-electron chi connectivity index (χ4n) is 4.31. The number of benzene rings is 3. The third-order valence-electron chi connectivity index (χ3n) is 6.41. The Labute approximate surface area is 262 Å². The van der Waals surface area contributed by atoms with E-state index in [1.807, 2.05) is 0 Å². The molecule has 2 atom stereocenters. The van der Waals surface area contributed by atoms with Crippen LogP contribution in [-0.4, -0.2) is 49.9 Å². The predicted octanol–water partition coefficient (Wildman–Crippen LogP) is 4.69. The van der Waals surface area contributed by atoms with Crippen LogP contribution < -0.4 is 30.3 Å². The predicted molar refractivity (Wildman–Crippen MR) is 164 cm³/mol. The highest BCUT2D eigenvalue weighted by atomic mass is 79.9. The van der Waals surface area contributed by atoms with Gasteiger partial charge in [-0.1, -0.05) is 24.3 Å². The molecule has 4 N–H and O–H groups in total. The summed E-state index contributed by atoms with van der Waals surface area (Å²) in [6, 6.07) is 15.4. The highest BCUT2D eigenvalue weighted by molar-refractivity contribution is 9.10. The monoisotopic (exact) mass is 670 g/mol. The number of amides is 2. The van der Waals surface area contributed by atoms with Crippen molar-refractivity contribution in [1.82, 2.24) is 16.1 Å². The van der Waals surface area contributed by atoms with Crippen LogP contribution in [0.3, 0.4) is 0 Å². The molecule has 1 heterocycles. The van der Waals surface area contributed by atoms with E-state index >= 15 is 0 Å². The van der Waals surface area contributed by atoms with Gasteiger partial charge in [0.25, 0.3) is 0 Å². The van der Waals surface area contributed by atoms with Crippen molar-refractivity contribution in [3.8, 4) is 17.2 Å². The lowest BCUT2D eigenvalue weighted by molar-refractivity contribution is -0.136. The molecule has 0 spiro atoms. The van der Waals surface area contributed by atoms with Gasteiger partial charge in [-0.05, 0) is 77.3 Å². The minimum Gasteiger partial charge on any atom is -0.490 e. The van der Waals surface area contributed by atoms with Crippen molar-refractivity contribution in [3.63, 3.8) is 0 Å². The van der Waals surface area contributed by atoms with Crippen molar-refractivity contribution >= 4 is 34.1 Å². The number of aliphatic hydroxyl groups is 1. The minimum atomic E-state index is -1.16. The van der Waals surface area contributed by atoms with E-state index in [-0.39, 0.29) is 24.6 Å². The van der Waals surface area contributed by atoms with Gasteiger partial charge in [0.2, 0.25) is 0 Å². The first-order valence-electron chi connectivity index (χ1n) is 13.6. The molecular formula is C31H32BrFN4O7. The van der Waals surface area contributed by atoms with Crippen LogP contribution in [0.25, 0.3) is 0 Å². The smallest absolute Gasteiger partial charge is 0.337 e. The first-order valence-corrected chi connectivity index (χ1v) is 14.4. The Morgan fingerprint density at radius 2 is 1.89 bits per heavy atom. The summed E-state index contributed by atoms with van der Waals surface area (Å²) in [6.45, 7) is 3.66. The third kappa shape index (κ3) is 8.26. The summed E-state index contributed by atoms with van der Waals surface area (Å²) in [6.07, 6.45) is 0.351. The van der Waals surface area contributed by atoms with Crippen LogP contribution in [0.15, 0.2) is 81.5 Å². The van der Waals surface area contributed by atoms with Crippen LogP contribution in [0.4, 0.5) is 9.18 Å². The molecule has 0 saturated heterocycles. The number of nitrogens with one attached hydrogen (secondary N) is 3. The Kier molecular flexibility index (Phi) is 11.2. The number of halogens is 2. The molecular weight excluding hydrogens is 639 g/mol. The standard InChI is InChI=1S/C31H32BrFN4O7/c1-4-42-26-14-20(29-28(30(39)41-3)18(2)35-31(40)36-29)10-12-25(26)44-17-27(38)37-34-15-19-9-11-24(22(32)13-19)43-16-21-7-5-6-8-23(21)33/h5-15,27,29,37-38H,4,16-17H2,1-3H3,(H2,35,36,40)/b34-15-/t27-,29-/m1/s1. The van der Waals surface area contributed by atoms with Gasteiger partial charge in [0.1, 0.15) is 24.8 Å². The van der Waals surface area contributed by atoms with Crippen molar-refractivity contribution in [1.29, 1.82) is 0 Å². The van der Waals surface area contributed by atoms with Crippen molar-refractivity contribution in [3.05, 3.63) is 98.9 Å². The number of allylic oxidation sites excluding steroid dienone is 1. The molecule has 0 aliphatic carbocycles. The largest absolute Gasteiger partial charge is 0.490 e. The molecule has 0 fully saturated rings. The highest BCUT2D eigenvalue weighted by Crippen LogP contribution is 2.35. The number of urea groups is 1. The number of nitrogens with zero attached hydrogens (tertiary/aromatic N) is 1. The molecule has 0 bridgehead atoms. The molecule has 2 amide bonds. The van der Waals surface area contributed by atoms with Gasteiger partial charge in [-0.3, -0.25) is 5.43 Å². The molecule has 232 valence electrons. The molecule has 0 unspecified atom stereocenters. The third-order valence-corrected chi connectivity index (χ3v) is 7.03. The first-order chi connectivity index (χ1) is 21.2. The van der Waals surface area contributed by atoms with Crippen LogP contribution in [-0.2, 0) is 16.1 Å². The summed E-state index contributed by atoms with van der Waals surface area (Å²) in [4.78, 5) is 24.6. The van der Waals surface area contributed by atoms with E-state index < -0.39 is 24.3 Å². The fraction of sp³-hybridized carbons (Fsp3) is 0.258. The second kappa shape index (κ2) is 15.2. The molecule has 11 nitrogen and oxygen atoms in total. The van der Waals surface area contributed by atoms with E-state index in [0.29, 0.717) is 50.7 Å². The number of rotatable bonds is 13. The number of carbonyl (C=O) groups is 2. The van der Waals surface area contributed by atoms with Crippen molar-refractivity contribution in [2.45, 2.75) is 32.7 Å². The molecule has 3 aromatic rings. The van der Waals surface area contributed by atoms with Crippen LogP contribution in [0, 0.1) is 5.82 Å². The molecule has 0 radical (unpaired) electrons. The van der Waals surface area contributed by atoms with E-state index in [2.05, 4.69) is 37.1 Å². The topological polar surface area (TPSA) is 140 Å². The lowest BCUT2D eigenvalue weighted by Gasteiger charge is -2.28. The Bertz CT molecular complexity index is 1570. The molecule has 3 aromatic carbocycles. The molecule has 1 aliphatic heterocycles. The quantitative estimate of drug-likeness (QED) is 0.0889. The summed E-state index contributed by atoms with van der Waals surface area (Å²) in [5.41, 5.74) is 4.98. The maximum Gasteiger partial charge on any atom is 0.337 e. The summed E-state index contributed by atoms with van der Waals surface area (Å²) < 4.78 is 36.6. The molecule has 1 aliphatic rings. The number of aliphatic hydroxyl groups excluding tert-OH is 1. The van der Waals surface area contributed by atoms with Gasteiger partial charge in [-0.15, -0.1) is 0 Å². The fourth-order valence-corrected chi connectivity index (χ4v) is 4.82. The Morgan fingerprint density at radius 1 is 1.11 bits per heavy atom. The van der Waals surface area contributed by atoms with Crippen molar-refractivity contribution in [2.75, 3.05) is 20.3 Å². The number of methoxy groups -OCH3 is 1. The molecule has 4 rings (SSSR count). The lowest BCUT2D eigenvalue weighted by atomic mass is 9.95. The maximum atomic E-state index is 13.8. The van der Waals surface area contributed by atoms with Gasteiger partial charge in [0, 0.05) is 11.3 Å². The normalized spacial score (nSPS) is 15.3. The van der Waals surface area contributed by atoms with Crippen LogP contribution >= 0.6 is 15.9 Å². The summed E-state index contributed by atoms with van der Waals surface area (Å²) in [7, 11) is 1.27. The zero-order valence-corrected chi connectivity index (χ0v) is 25.8. The average Bonchev–Trinajstić information content (AvgIpc) is 3.00. The van der Waals surface area contributed by atoms with Crippen molar-refractivity contribution < 1.29 is 38.0 Å². The van der Waals surface area contributed by atoms with Gasteiger partial charge in [-0.2, -0.15) is 5.10 Å². The van der Waals surface area contributed by atoms with E-state index in [1.165, 1.54) is 19.4 Å². The zero-order chi connectivity index (χ0) is 31.6. The van der Waals surface area contributed by atoms with Gasteiger partial charge in [0.05, 0.1) is 36.0 Å². The number of esters is 1. The zero-order valence-electron chi connectivity index (χ0n) is 24.2. The number of hydrazone groups is 1. The summed E-state index contributed by atoms with van der Waals surface area (Å²) in [5.74, 6) is 0.331. The number of carbonyl (C=O) groups excluding carboxylic acids is 2. The summed E-state index contributed by atoms with van der Waals surface area (Å²) in [5, 5.41) is 19.8. The minimum absolute atomic E-state index is 0.0834. The Hall–Kier alpha value is -4.62. The molecule has 0 saturated carbocycles. The van der Waals surface area contributed by atoms with Crippen LogP contribution in [0.5, 0.6) is 17.2 Å². The molecule has 0 aromatic heterocycles. The van der Waals surface area contributed by atoms with Crippen molar-refractivity contribution in [2.24, 2.45) is 5.10 Å². The average molecular weight is 672 g/mol. The van der Waals surface area contributed by atoms with Crippen LogP contribution in [0.1, 0.15) is 36.6 Å². The van der Waals surface area contributed by atoms with E-state index in [9.17, 15) is 19.1 Å².